The molecule has 0 saturated heterocycles. The third-order valence-electron chi connectivity index (χ3n) is 3.11. The molecule has 2 rings (SSSR count). The van der Waals surface area contributed by atoms with E-state index in [-0.39, 0.29) is 10.9 Å². The molecule has 0 aliphatic heterocycles. The summed E-state index contributed by atoms with van der Waals surface area (Å²) in [6.07, 6.45) is 3.28. The molecule has 3 N–H and O–H groups in total. The summed E-state index contributed by atoms with van der Waals surface area (Å²) in [5.41, 5.74) is 4.42. The molecule has 0 unspecified atom stereocenters. The molecule has 0 aromatic heterocycles. The van der Waals surface area contributed by atoms with Crippen molar-refractivity contribution in [3.8, 4) is 0 Å². The van der Waals surface area contributed by atoms with Gasteiger partial charge in [0.15, 0.2) is 5.11 Å². The van der Waals surface area contributed by atoms with E-state index in [1.807, 2.05) is 6.07 Å². The summed E-state index contributed by atoms with van der Waals surface area (Å²) in [6.45, 7) is 4.14. The second-order valence-electron chi connectivity index (χ2n) is 5.07. The molecule has 0 saturated carbocycles. The van der Waals surface area contributed by atoms with Crippen LogP contribution in [0.2, 0.25) is 10.0 Å². The van der Waals surface area contributed by atoms with E-state index in [2.05, 4.69) is 27.7 Å². The molecular formula is C18H16Cl2N4OS. The van der Waals surface area contributed by atoms with Gasteiger partial charge in [-0.2, -0.15) is 5.10 Å². The molecule has 2 aromatic carbocycles. The van der Waals surface area contributed by atoms with Gasteiger partial charge in [0, 0.05) is 17.3 Å². The van der Waals surface area contributed by atoms with Crippen LogP contribution >= 0.6 is 35.4 Å². The van der Waals surface area contributed by atoms with Crippen molar-refractivity contribution in [1.29, 1.82) is 0 Å². The van der Waals surface area contributed by atoms with Crippen molar-refractivity contribution in [1.82, 2.24) is 10.7 Å². The molecule has 0 bridgehead atoms. The number of amides is 1. The van der Waals surface area contributed by atoms with E-state index in [1.165, 1.54) is 6.07 Å². The molecule has 8 heteroatoms. The van der Waals surface area contributed by atoms with Crippen LogP contribution in [-0.2, 0) is 0 Å². The third-order valence-corrected chi connectivity index (χ3v) is 3.89. The zero-order valence-corrected chi connectivity index (χ0v) is 16.0. The van der Waals surface area contributed by atoms with E-state index >= 15 is 0 Å². The number of carbonyl (C=O) groups is 1. The van der Waals surface area contributed by atoms with Crippen LogP contribution in [0.25, 0.3) is 0 Å². The first-order chi connectivity index (χ1) is 12.5. The predicted molar refractivity (Wildman–Crippen MR) is 112 cm³/mol. The van der Waals surface area contributed by atoms with E-state index in [1.54, 1.807) is 42.6 Å². The normalized spacial score (nSPS) is 10.4. The second-order valence-corrected chi connectivity index (χ2v) is 6.32. The van der Waals surface area contributed by atoms with Gasteiger partial charge >= 0.3 is 0 Å². The summed E-state index contributed by atoms with van der Waals surface area (Å²) >= 11 is 16.9. The van der Waals surface area contributed by atoms with Crippen LogP contribution in [0.3, 0.4) is 0 Å². The molecule has 134 valence electrons. The Morgan fingerprint density at radius 2 is 2.04 bits per heavy atom. The Morgan fingerprint density at radius 3 is 2.77 bits per heavy atom. The summed E-state index contributed by atoms with van der Waals surface area (Å²) in [7, 11) is 0. The van der Waals surface area contributed by atoms with Crippen LogP contribution in [0, 0.1) is 0 Å². The van der Waals surface area contributed by atoms with Gasteiger partial charge in [0.1, 0.15) is 0 Å². The Bertz CT molecular complexity index is 855. The van der Waals surface area contributed by atoms with Gasteiger partial charge in [0.25, 0.3) is 5.91 Å². The molecule has 0 atom stereocenters. The van der Waals surface area contributed by atoms with E-state index in [4.69, 9.17) is 35.4 Å². The molecule has 0 aliphatic carbocycles. The van der Waals surface area contributed by atoms with Crippen LogP contribution < -0.4 is 16.1 Å². The first-order valence-corrected chi connectivity index (χ1v) is 8.70. The smallest absolute Gasteiger partial charge is 0.257 e. The molecule has 26 heavy (non-hydrogen) atoms. The molecule has 1 amide bonds. The van der Waals surface area contributed by atoms with Crippen molar-refractivity contribution in [3.63, 3.8) is 0 Å². The molecule has 0 aliphatic rings. The van der Waals surface area contributed by atoms with Crippen molar-refractivity contribution in [2.75, 3.05) is 11.9 Å². The Kier molecular flexibility index (Phi) is 7.59. The quantitative estimate of drug-likeness (QED) is 0.290. The van der Waals surface area contributed by atoms with Gasteiger partial charge in [-0.3, -0.25) is 10.2 Å². The summed E-state index contributed by atoms with van der Waals surface area (Å²) in [5.74, 6) is -0.325. The predicted octanol–water partition coefficient (Wildman–Crippen LogP) is 4.23. The van der Waals surface area contributed by atoms with Gasteiger partial charge in [0.2, 0.25) is 0 Å². The number of nitrogens with one attached hydrogen (secondary N) is 3. The van der Waals surface area contributed by atoms with E-state index < -0.39 is 0 Å². The number of nitrogens with zero attached hydrogens (tertiary/aromatic N) is 1. The summed E-state index contributed by atoms with van der Waals surface area (Å²) < 4.78 is 0. The Hall–Kier alpha value is -2.41. The number of halogens is 2. The van der Waals surface area contributed by atoms with Crippen LogP contribution in [0.4, 0.5) is 5.69 Å². The molecule has 0 radical (unpaired) electrons. The van der Waals surface area contributed by atoms with Crippen molar-refractivity contribution in [3.05, 3.63) is 76.3 Å². The van der Waals surface area contributed by atoms with E-state index in [0.29, 0.717) is 27.9 Å². The zero-order chi connectivity index (χ0) is 18.9. The largest absolute Gasteiger partial charge is 0.358 e. The van der Waals surface area contributed by atoms with Crippen molar-refractivity contribution in [2.24, 2.45) is 5.10 Å². The van der Waals surface area contributed by atoms with E-state index in [9.17, 15) is 4.79 Å². The fraction of sp³-hybridized carbons (Fsp3) is 0.0556. The SMILES string of the molecule is C=CCNC(=S)N/N=C\c1cccc(NC(=O)c2ccc(Cl)cc2Cl)c1. The maximum atomic E-state index is 12.3. The number of hydrazone groups is 1. The second kappa shape index (κ2) is 9.91. The van der Waals surface area contributed by atoms with Crippen molar-refractivity contribution in [2.45, 2.75) is 0 Å². The lowest BCUT2D eigenvalue weighted by atomic mass is 10.2. The highest BCUT2D eigenvalue weighted by molar-refractivity contribution is 7.80. The maximum absolute atomic E-state index is 12.3. The molecule has 2 aromatic rings. The summed E-state index contributed by atoms with van der Waals surface area (Å²) in [4.78, 5) is 12.3. The molecule has 0 heterocycles. The van der Waals surface area contributed by atoms with Gasteiger partial charge in [-0.1, -0.05) is 41.4 Å². The van der Waals surface area contributed by atoms with E-state index in [0.717, 1.165) is 5.56 Å². The number of carbonyl (C=O) groups excluding carboxylic acids is 1. The third kappa shape index (κ3) is 6.15. The molecule has 0 spiro atoms. The highest BCUT2D eigenvalue weighted by atomic mass is 35.5. The van der Waals surface area contributed by atoms with Gasteiger partial charge in [-0.05, 0) is 48.1 Å². The molecular weight excluding hydrogens is 391 g/mol. The number of rotatable bonds is 6. The van der Waals surface area contributed by atoms with Gasteiger partial charge in [0.05, 0.1) is 16.8 Å². The summed E-state index contributed by atoms with van der Waals surface area (Å²) in [6, 6.07) is 11.9. The van der Waals surface area contributed by atoms with Gasteiger partial charge in [-0.15, -0.1) is 6.58 Å². The van der Waals surface area contributed by atoms with Crippen LogP contribution in [0.15, 0.2) is 60.2 Å². The fourth-order valence-electron chi connectivity index (χ4n) is 1.94. The van der Waals surface area contributed by atoms with Crippen molar-refractivity contribution >= 4 is 58.3 Å². The first kappa shape index (κ1) is 19.9. The lowest BCUT2D eigenvalue weighted by molar-refractivity contribution is 0.102. The Morgan fingerprint density at radius 1 is 1.23 bits per heavy atom. The minimum absolute atomic E-state index is 0.289. The van der Waals surface area contributed by atoms with Gasteiger partial charge < -0.3 is 10.6 Å². The molecule has 5 nitrogen and oxygen atoms in total. The van der Waals surface area contributed by atoms with Crippen LogP contribution in [0.5, 0.6) is 0 Å². The lowest BCUT2D eigenvalue weighted by Crippen LogP contribution is -2.31. The van der Waals surface area contributed by atoms with Gasteiger partial charge in [-0.25, -0.2) is 0 Å². The Balaban J connectivity index is 2.01. The average molecular weight is 407 g/mol. The van der Waals surface area contributed by atoms with Crippen molar-refractivity contribution < 1.29 is 4.79 Å². The standard InChI is InChI=1S/C18H16Cl2N4OS/c1-2-8-21-18(26)24-22-11-12-4-3-5-14(9-12)23-17(25)15-7-6-13(19)10-16(15)20/h2-7,9-11H,1,8H2,(H,23,25)(H2,21,24,26)/b22-11-. The highest BCUT2D eigenvalue weighted by Crippen LogP contribution is 2.22. The zero-order valence-electron chi connectivity index (χ0n) is 13.6. The first-order valence-electron chi connectivity index (χ1n) is 7.54. The number of benzene rings is 2. The number of thiocarbonyl (C=S) groups is 1. The Labute approximate surface area is 167 Å². The fourth-order valence-corrected chi connectivity index (χ4v) is 2.57. The average Bonchev–Trinajstić information content (AvgIpc) is 2.60. The maximum Gasteiger partial charge on any atom is 0.257 e. The summed E-state index contributed by atoms with van der Waals surface area (Å²) in [5, 5.41) is 10.9. The number of hydrogen-bond acceptors (Lipinski definition) is 3. The lowest BCUT2D eigenvalue weighted by Gasteiger charge is -2.08. The van der Waals surface area contributed by atoms with Crippen LogP contribution in [0.1, 0.15) is 15.9 Å². The number of hydrogen-bond donors (Lipinski definition) is 3. The molecule has 0 fully saturated rings. The van der Waals surface area contributed by atoms with Crippen LogP contribution in [-0.4, -0.2) is 23.8 Å². The minimum atomic E-state index is -0.325. The minimum Gasteiger partial charge on any atom is -0.358 e. The topological polar surface area (TPSA) is 65.5 Å². The number of anilines is 1. The highest BCUT2D eigenvalue weighted by Gasteiger charge is 2.11. The monoisotopic (exact) mass is 406 g/mol.